The summed E-state index contributed by atoms with van der Waals surface area (Å²) in [5.41, 5.74) is 0.862. The number of carboxylic acids is 1. The van der Waals surface area contributed by atoms with E-state index in [2.05, 4.69) is 6.92 Å². The van der Waals surface area contributed by atoms with E-state index in [9.17, 15) is 9.90 Å². The van der Waals surface area contributed by atoms with Crippen molar-refractivity contribution in [1.82, 2.24) is 0 Å². The van der Waals surface area contributed by atoms with E-state index in [4.69, 9.17) is 9.47 Å². The number of hydrogen-bond acceptors (Lipinski definition) is 4. The predicted molar refractivity (Wildman–Crippen MR) is 91.8 cm³/mol. The second kappa shape index (κ2) is 8.58. The number of hydrogen-bond donors (Lipinski definition) is 1. The van der Waals surface area contributed by atoms with E-state index >= 15 is 0 Å². The second-order valence-corrected chi connectivity index (χ2v) is 6.24. The molecule has 5 heteroatoms. The number of aliphatic carboxylic acids is 1. The van der Waals surface area contributed by atoms with Gasteiger partial charge in [-0.3, -0.25) is 4.79 Å². The number of para-hydroxylation sites is 1. The van der Waals surface area contributed by atoms with Crippen molar-refractivity contribution in [2.24, 2.45) is 0 Å². The Morgan fingerprint density at radius 3 is 2.74 bits per heavy atom. The molecule has 0 aliphatic carbocycles. The van der Waals surface area contributed by atoms with E-state index in [1.165, 1.54) is 11.3 Å². The van der Waals surface area contributed by atoms with Crippen molar-refractivity contribution in [3.05, 3.63) is 46.2 Å². The summed E-state index contributed by atoms with van der Waals surface area (Å²) in [6, 6.07) is 9.36. The van der Waals surface area contributed by atoms with Crippen LogP contribution in [0.15, 0.2) is 35.7 Å². The van der Waals surface area contributed by atoms with Crippen molar-refractivity contribution in [1.29, 1.82) is 0 Å². The average Bonchev–Trinajstić information content (AvgIpc) is 3.07. The lowest BCUT2D eigenvalue weighted by Crippen LogP contribution is -2.14. The first-order chi connectivity index (χ1) is 11.2. The van der Waals surface area contributed by atoms with Crippen molar-refractivity contribution >= 4 is 17.3 Å². The third kappa shape index (κ3) is 4.48. The summed E-state index contributed by atoms with van der Waals surface area (Å²) in [6.07, 6.45) is 2.37. The highest BCUT2D eigenvalue weighted by molar-refractivity contribution is 7.10. The predicted octanol–water partition coefficient (Wildman–Crippen LogP) is 4.35. The Labute approximate surface area is 140 Å². The number of unbranched alkanes of at least 4 members (excludes halogenated alkanes) is 1. The quantitative estimate of drug-likeness (QED) is 0.693. The van der Waals surface area contributed by atoms with Gasteiger partial charge in [0.2, 0.25) is 0 Å². The normalized spacial score (nSPS) is 11.9. The SMILES string of the molecule is CCCCOc1c(CC(C(=O)O)c2cccs2)cccc1OC. The van der Waals surface area contributed by atoms with Gasteiger partial charge in [0.1, 0.15) is 0 Å². The molecule has 1 aromatic carbocycles. The first-order valence-corrected chi connectivity index (χ1v) is 8.60. The highest BCUT2D eigenvalue weighted by Crippen LogP contribution is 2.35. The van der Waals surface area contributed by atoms with Crippen molar-refractivity contribution in [3.63, 3.8) is 0 Å². The fourth-order valence-corrected chi connectivity index (χ4v) is 3.20. The molecule has 1 N–H and O–H groups in total. The first kappa shape index (κ1) is 17.3. The Balaban J connectivity index is 2.28. The molecule has 0 saturated carbocycles. The Bertz CT molecular complexity index is 622. The van der Waals surface area contributed by atoms with Crippen LogP contribution >= 0.6 is 11.3 Å². The Kier molecular flexibility index (Phi) is 6.47. The molecule has 0 bridgehead atoms. The number of ether oxygens (including phenoxy) is 2. The maximum absolute atomic E-state index is 11.7. The van der Waals surface area contributed by atoms with Crippen molar-refractivity contribution < 1.29 is 19.4 Å². The topological polar surface area (TPSA) is 55.8 Å². The molecule has 0 radical (unpaired) electrons. The van der Waals surface area contributed by atoms with Crippen LogP contribution in [0.2, 0.25) is 0 Å². The van der Waals surface area contributed by atoms with Gasteiger partial charge < -0.3 is 14.6 Å². The zero-order valence-corrected chi connectivity index (χ0v) is 14.3. The van der Waals surface area contributed by atoms with Crippen LogP contribution in [0, 0.1) is 0 Å². The summed E-state index contributed by atoms with van der Waals surface area (Å²) >= 11 is 1.46. The molecule has 4 nitrogen and oxygen atoms in total. The van der Waals surface area contributed by atoms with Gasteiger partial charge in [-0.1, -0.05) is 31.5 Å². The smallest absolute Gasteiger partial charge is 0.312 e. The fraction of sp³-hybridized carbons (Fsp3) is 0.389. The molecule has 0 amide bonds. The molecule has 0 spiro atoms. The van der Waals surface area contributed by atoms with Crippen LogP contribution in [0.5, 0.6) is 11.5 Å². The van der Waals surface area contributed by atoms with Crippen LogP contribution in [-0.2, 0) is 11.2 Å². The van der Waals surface area contributed by atoms with Crippen LogP contribution in [-0.4, -0.2) is 24.8 Å². The number of thiophene rings is 1. The van der Waals surface area contributed by atoms with Gasteiger partial charge in [0.15, 0.2) is 11.5 Å². The molecule has 0 aliphatic rings. The molecule has 2 rings (SSSR count). The van der Waals surface area contributed by atoms with E-state index in [1.807, 2.05) is 35.7 Å². The molecular formula is C18H22O4S. The number of methoxy groups -OCH3 is 1. The zero-order chi connectivity index (χ0) is 16.7. The summed E-state index contributed by atoms with van der Waals surface area (Å²) < 4.78 is 11.3. The molecule has 2 aromatic rings. The Hall–Kier alpha value is -2.01. The van der Waals surface area contributed by atoms with E-state index in [1.54, 1.807) is 7.11 Å². The van der Waals surface area contributed by atoms with Gasteiger partial charge >= 0.3 is 5.97 Å². The van der Waals surface area contributed by atoms with Gasteiger partial charge in [-0.2, -0.15) is 0 Å². The summed E-state index contributed by atoms with van der Waals surface area (Å²) in [6.45, 7) is 2.70. The lowest BCUT2D eigenvalue weighted by Gasteiger charge is -2.17. The largest absolute Gasteiger partial charge is 0.493 e. The van der Waals surface area contributed by atoms with Crippen LogP contribution in [0.4, 0.5) is 0 Å². The van der Waals surface area contributed by atoms with Gasteiger partial charge in [-0.15, -0.1) is 11.3 Å². The molecule has 1 unspecified atom stereocenters. The van der Waals surface area contributed by atoms with Crippen molar-refractivity contribution in [3.8, 4) is 11.5 Å². The molecule has 0 saturated heterocycles. The molecule has 124 valence electrons. The van der Waals surface area contributed by atoms with Gasteiger partial charge in [0, 0.05) is 4.88 Å². The van der Waals surface area contributed by atoms with Gasteiger partial charge in [0.25, 0.3) is 0 Å². The number of carboxylic acid groups (broad SMARTS) is 1. The maximum atomic E-state index is 11.7. The highest BCUT2D eigenvalue weighted by atomic mass is 32.1. The average molecular weight is 334 g/mol. The van der Waals surface area contributed by atoms with Crippen LogP contribution in [0.3, 0.4) is 0 Å². The van der Waals surface area contributed by atoms with E-state index in [-0.39, 0.29) is 0 Å². The zero-order valence-electron chi connectivity index (χ0n) is 13.5. The summed E-state index contributed by atoms with van der Waals surface area (Å²) in [5.74, 6) is -0.0920. The van der Waals surface area contributed by atoms with E-state index in [0.29, 0.717) is 24.5 Å². The monoisotopic (exact) mass is 334 g/mol. The number of rotatable bonds is 9. The minimum atomic E-state index is -0.824. The number of benzene rings is 1. The van der Waals surface area contributed by atoms with Crippen LogP contribution in [0.1, 0.15) is 36.1 Å². The summed E-state index contributed by atoms with van der Waals surface area (Å²) in [7, 11) is 1.60. The van der Waals surface area contributed by atoms with Gasteiger partial charge in [-0.05, 0) is 35.9 Å². The van der Waals surface area contributed by atoms with E-state index in [0.717, 1.165) is 23.3 Å². The molecular weight excluding hydrogens is 312 g/mol. The Morgan fingerprint density at radius 2 is 2.13 bits per heavy atom. The summed E-state index contributed by atoms with van der Waals surface area (Å²) in [5, 5.41) is 11.5. The van der Waals surface area contributed by atoms with Crippen LogP contribution < -0.4 is 9.47 Å². The van der Waals surface area contributed by atoms with Crippen molar-refractivity contribution in [2.45, 2.75) is 32.1 Å². The molecule has 23 heavy (non-hydrogen) atoms. The van der Waals surface area contributed by atoms with Crippen LogP contribution in [0.25, 0.3) is 0 Å². The standard InChI is InChI=1S/C18H22O4S/c1-3-4-10-22-17-13(7-5-8-15(17)21-2)12-14(18(19)20)16-9-6-11-23-16/h5-9,11,14H,3-4,10,12H2,1-2H3,(H,19,20). The first-order valence-electron chi connectivity index (χ1n) is 7.72. The lowest BCUT2D eigenvalue weighted by molar-refractivity contribution is -0.138. The Morgan fingerprint density at radius 1 is 1.30 bits per heavy atom. The van der Waals surface area contributed by atoms with E-state index < -0.39 is 11.9 Å². The highest BCUT2D eigenvalue weighted by Gasteiger charge is 2.24. The fourth-order valence-electron chi connectivity index (χ4n) is 2.38. The second-order valence-electron chi connectivity index (χ2n) is 5.26. The van der Waals surface area contributed by atoms with Gasteiger partial charge in [0.05, 0.1) is 19.6 Å². The molecule has 1 heterocycles. The third-order valence-corrected chi connectivity index (χ3v) is 4.62. The maximum Gasteiger partial charge on any atom is 0.312 e. The molecule has 0 aliphatic heterocycles. The molecule has 1 atom stereocenters. The van der Waals surface area contributed by atoms with Crippen molar-refractivity contribution in [2.75, 3.05) is 13.7 Å². The lowest BCUT2D eigenvalue weighted by atomic mass is 9.97. The molecule has 0 fully saturated rings. The number of carbonyl (C=O) groups is 1. The minimum Gasteiger partial charge on any atom is -0.493 e. The summed E-state index contributed by atoms with van der Waals surface area (Å²) in [4.78, 5) is 12.5. The molecule has 1 aromatic heterocycles. The third-order valence-electron chi connectivity index (χ3n) is 3.63. The van der Waals surface area contributed by atoms with Gasteiger partial charge in [-0.25, -0.2) is 0 Å². The minimum absolute atomic E-state index is 0.383.